The molecule has 0 N–H and O–H groups in total. The molecule has 0 fully saturated rings. The molecule has 0 aliphatic carbocycles. The molecule has 0 amide bonds. The molecular formula is C8H9NO3. The Kier molecular flexibility index (Phi) is 2.63. The van der Waals surface area contributed by atoms with Crippen LogP contribution in [0.4, 0.5) is 0 Å². The molecule has 0 aromatic carbocycles. The van der Waals surface area contributed by atoms with Crippen molar-refractivity contribution in [3.05, 3.63) is 28.7 Å². The number of carbonyl (C=O) groups is 1. The van der Waals surface area contributed by atoms with Crippen molar-refractivity contribution in [2.45, 2.75) is 6.54 Å². The smallest absolute Gasteiger partial charge is 0.251 e. The Labute approximate surface area is 69.4 Å². The number of rotatable bonds is 3. The third-order valence-corrected chi connectivity index (χ3v) is 1.46. The Morgan fingerprint density at radius 3 is 2.92 bits per heavy atom. The van der Waals surface area contributed by atoms with E-state index in [1.54, 1.807) is 6.07 Å². The average Bonchev–Trinajstić information content (AvgIpc) is 2.09. The molecule has 0 radical (unpaired) electrons. The Balaban J connectivity index is 3.07. The molecule has 0 aliphatic heterocycles. The molecule has 1 rings (SSSR count). The van der Waals surface area contributed by atoms with Gasteiger partial charge in [0.15, 0.2) is 0 Å². The first-order valence-electron chi connectivity index (χ1n) is 3.46. The van der Waals surface area contributed by atoms with Gasteiger partial charge < -0.3 is 14.1 Å². The molecule has 1 aromatic heterocycles. The van der Waals surface area contributed by atoms with Crippen molar-refractivity contribution in [2.75, 3.05) is 7.11 Å². The number of aldehydes is 1. The molecule has 0 spiro atoms. The fourth-order valence-electron chi connectivity index (χ4n) is 0.853. The van der Waals surface area contributed by atoms with Gasteiger partial charge in [-0.2, -0.15) is 0 Å². The third-order valence-electron chi connectivity index (χ3n) is 1.46. The molecule has 0 saturated carbocycles. The average molecular weight is 167 g/mol. The SMILES string of the molecule is COc1ccc(=O)n(CC=O)c1. The van der Waals surface area contributed by atoms with Gasteiger partial charge in [-0.05, 0) is 6.07 Å². The van der Waals surface area contributed by atoms with Gasteiger partial charge in [-0.1, -0.05) is 0 Å². The minimum atomic E-state index is -0.206. The first kappa shape index (κ1) is 8.52. The summed E-state index contributed by atoms with van der Waals surface area (Å²) in [5, 5.41) is 0. The van der Waals surface area contributed by atoms with E-state index in [0.717, 1.165) is 0 Å². The van der Waals surface area contributed by atoms with Gasteiger partial charge in [0.2, 0.25) is 0 Å². The van der Waals surface area contributed by atoms with E-state index in [-0.39, 0.29) is 12.1 Å². The fourth-order valence-corrected chi connectivity index (χ4v) is 0.853. The zero-order valence-corrected chi connectivity index (χ0v) is 6.69. The van der Waals surface area contributed by atoms with Gasteiger partial charge in [0, 0.05) is 12.3 Å². The Morgan fingerprint density at radius 1 is 1.58 bits per heavy atom. The van der Waals surface area contributed by atoms with Gasteiger partial charge >= 0.3 is 0 Å². The van der Waals surface area contributed by atoms with Crippen LogP contribution in [0.3, 0.4) is 0 Å². The second-order valence-corrected chi connectivity index (χ2v) is 2.23. The molecule has 4 heteroatoms. The molecule has 0 unspecified atom stereocenters. The van der Waals surface area contributed by atoms with Crippen LogP contribution in [0, 0.1) is 0 Å². The quantitative estimate of drug-likeness (QED) is 0.598. The maximum absolute atomic E-state index is 11.0. The number of hydrogen-bond donors (Lipinski definition) is 0. The van der Waals surface area contributed by atoms with Crippen LogP contribution in [0.5, 0.6) is 5.75 Å². The van der Waals surface area contributed by atoms with Crippen molar-refractivity contribution in [3.8, 4) is 5.75 Å². The number of ether oxygens (including phenoxy) is 1. The minimum absolute atomic E-state index is 0.0655. The highest BCUT2D eigenvalue weighted by molar-refractivity contribution is 5.49. The molecular weight excluding hydrogens is 158 g/mol. The van der Waals surface area contributed by atoms with Gasteiger partial charge in [-0.15, -0.1) is 0 Å². The molecule has 64 valence electrons. The lowest BCUT2D eigenvalue weighted by atomic mass is 10.4. The summed E-state index contributed by atoms with van der Waals surface area (Å²) < 4.78 is 6.16. The maximum atomic E-state index is 11.0. The van der Waals surface area contributed by atoms with E-state index in [4.69, 9.17) is 4.74 Å². The van der Waals surface area contributed by atoms with Crippen molar-refractivity contribution in [1.29, 1.82) is 0 Å². The van der Waals surface area contributed by atoms with E-state index < -0.39 is 0 Å². The molecule has 12 heavy (non-hydrogen) atoms. The second kappa shape index (κ2) is 3.71. The Morgan fingerprint density at radius 2 is 2.33 bits per heavy atom. The number of hydrogen-bond acceptors (Lipinski definition) is 3. The van der Waals surface area contributed by atoms with Crippen LogP contribution < -0.4 is 10.3 Å². The van der Waals surface area contributed by atoms with Crippen LogP contribution in [0.2, 0.25) is 0 Å². The largest absolute Gasteiger partial charge is 0.495 e. The number of carbonyl (C=O) groups excluding carboxylic acids is 1. The van der Waals surface area contributed by atoms with Crippen LogP contribution in [-0.2, 0) is 11.3 Å². The fraction of sp³-hybridized carbons (Fsp3) is 0.250. The van der Waals surface area contributed by atoms with Gasteiger partial charge in [-0.3, -0.25) is 4.79 Å². The van der Waals surface area contributed by atoms with Crippen molar-refractivity contribution in [1.82, 2.24) is 4.57 Å². The Bertz CT molecular complexity index is 329. The second-order valence-electron chi connectivity index (χ2n) is 2.23. The highest BCUT2D eigenvalue weighted by Gasteiger charge is 1.96. The third kappa shape index (κ3) is 1.72. The van der Waals surface area contributed by atoms with Crippen LogP contribution >= 0.6 is 0 Å². The molecule has 4 nitrogen and oxygen atoms in total. The van der Waals surface area contributed by atoms with E-state index in [2.05, 4.69) is 0 Å². The van der Waals surface area contributed by atoms with Crippen LogP contribution in [0.1, 0.15) is 0 Å². The predicted octanol–water partition coefficient (Wildman–Crippen LogP) is 0.0558. The molecule has 0 atom stereocenters. The molecule has 0 aliphatic rings. The topological polar surface area (TPSA) is 48.3 Å². The van der Waals surface area contributed by atoms with E-state index >= 15 is 0 Å². The lowest BCUT2D eigenvalue weighted by Crippen LogP contribution is -2.18. The number of aromatic nitrogens is 1. The van der Waals surface area contributed by atoms with Crippen LogP contribution in [0.25, 0.3) is 0 Å². The number of nitrogens with zero attached hydrogens (tertiary/aromatic N) is 1. The van der Waals surface area contributed by atoms with E-state index in [1.807, 2.05) is 0 Å². The van der Waals surface area contributed by atoms with Crippen molar-refractivity contribution in [3.63, 3.8) is 0 Å². The summed E-state index contributed by atoms with van der Waals surface area (Å²) in [6.45, 7) is 0.0655. The normalized spacial score (nSPS) is 9.42. The van der Waals surface area contributed by atoms with Crippen molar-refractivity contribution < 1.29 is 9.53 Å². The van der Waals surface area contributed by atoms with Gasteiger partial charge in [0.25, 0.3) is 5.56 Å². The van der Waals surface area contributed by atoms with Crippen molar-refractivity contribution >= 4 is 6.29 Å². The summed E-state index contributed by atoms with van der Waals surface area (Å²) in [5.74, 6) is 0.566. The predicted molar refractivity (Wildman–Crippen MR) is 43.3 cm³/mol. The van der Waals surface area contributed by atoms with E-state index in [1.165, 1.54) is 23.9 Å². The molecule has 0 bridgehead atoms. The summed E-state index contributed by atoms with van der Waals surface area (Å²) in [4.78, 5) is 21.2. The number of pyridine rings is 1. The highest BCUT2D eigenvalue weighted by atomic mass is 16.5. The van der Waals surface area contributed by atoms with Gasteiger partial charge in [-0.25, -0.2) is 0 Å². The standard InChI is InChI=1S/C8H9NO3/c1-12-7-2-3-8(11)9(6-7)4-5-10/h2-3,5-6H,4H2,1H3. The number of methoxy groups -OCH3 is 1. The maximum Gasteiger partial charge on any atom is 0.251 e. The van der Waals surface area contributed by atoms with Gasteiger partial charge in [0.1, 0.15) is 12.0 Å². The minimum Gasteiger partial charge on any atom is -0.495 e. The molecule has 0 saturated heterocycles. The monoisotopic (exact) mass is 167 g/mol. The zero-order chi connectivity index (χ0) is 8.97. The summed E-state index contributed by atoms with van der Waals surface area (Å²) in [6.07, 6.45) is 2.16. The summed E-state index contributed by atoms with van der Waals surface area (Å²) >= 11 is 0. The van der Waals surface area contributed by atoms with Crippen molar-refractivity contribution in [2.24, 2.45) is 0 Å². The van der Waals surface area contributed by atoms with Crippen LogP contribution in [-0.4, -0.2) is 18.0 Å². The van der Waals surface area contributed by atoms with E-state index in [9.17, 15) is 9.59 Å². The summed E-state index contributed by atoms with van der Waals surface area (Å²) in [7, 11) is 1.51. The Hall–Kier alpha value is -1.58. The van der Waals surface area contributed by atoms with E-state index in [0.29, 0.717) is 12.0 Å². The lowest BCUT2D eigenvalue weighted by molar-refractivity contribution is -0.108. The lowest BCUT2D eigenvalue weighted by Gasteiger charge is -2.02. The van der Waals surface area contributed by atoms with Crippen LogP contribution in [0.15, 0.2) is 23.1 Å². The molecule has 1 heterocycles. The highest BCUT2D eigenvalue weighted by Crippen LogP contribution is 2.03. The first-order chi connectivity index (χ1) is 5.77. The summed E-state index contributed by atoms with van der Waals surface area (Å²) in [6, 6.07) is 2.92. The van der Waals surface area contributed by atoms with Gasteiger partial charge in [0.05, 0.1) is 13.7 Å². The zero-order valence-electron chi connectivity index (χ0n) is 6.69. The first-order valence-corrected chi connectivity index (χ1v) is 3.46. The molecule has 1 aromatic rings. The summed E-state index contributed by atoms with van der Waals surface area (Å²) in [5.41, 5.74) is -0.206.